The van der Waals surface area contributed by atoms with Crippen molar-refractivity contribution in [2.24, 2.45) is 5.41 Å². The summed E-state index contributed by atoms with van der Waals surface area (Å²) >= 11 is 0. The number of piperidine rings is 1. The zero-order valence-corrected chi connectivity index (χ0v) is 30.5. The number of aromatic nitrogens is 2. The van der Waals surface area contributed by atoms with Gasteiger partial charge < -0.3 is 24.8 Å². The zero-order chi connectivity index (χ0) is 36.1. The third-order valence-corrected chi connectivity index (χ3v) is 9.22. The standard InChI is InChI=1S/C36H49N5O7S/c1-23-12-9-13-24(2)31(23)29-19-30(39-33(38-29)40-49(45,46)28-16-10-14-25(18-28)32(42)43)47-22-27(20-35(3,4)5)37-26-15-11-17-41(21-26)34(44)48-36(6,7)8/h9-10,12-14,16,18-19,26-27,37H,11,15,17,20-22H2,1-8H3,(H,42,43)(H,38,39,40)/t26?,27-/m1/s1. The summed E-state index contributed by atoms with van der Waals surface area (Å²) in [4.78, 5) is 34.8. The number of amides is 1. The lowest BCUT2D eigenvalue weighted by Crippen LogP contribution is -2.53. The van der Waals surface area contributed by atoms with Crippen molar-refractivity contribution in [2.45, 2.75) is 97.2 Å². The number of carbonyl (C=O) groups excluding carboxylic acids is 1. The molecule has 1 aliphatic heterocycles. The van der Waals surface area contributed by atoms with Crippen LogP contribution in [0.15, 0.2) is 53.4 Å². The summed E-state index contributed by atoms with van der Waals surface area (Å²) in [7, 11) is -4.25. The van der Waals surface area contributed by atoms with Crippen LogP contribution in [0.4, 0.5) is 10.7 Å². The second-order valence-electron chi connectivity index (χ2n) is 14.8. The van der Waals surface area contributed by atoms with Crippen LogP contribution < -0.4 is 14.8 Å². The molecule has 2 atom stereocenters. The molecule has 266 valence electrons. The van der Waals surface area contributed by atoms with E-state index in [1.165, 1.54) is 18.2 Å². The quantitative estimate of drug-likeness (QED) is 0.204. The number of nitrogens with one attached hydrogen (secondary N) is 2. The molecule has 1 fully saturated rings. The molecule has 0 radical (unpaired) electrons. The van der Waals surface area contributed by atoms with Crippen molar-refractivity contribution in [2.75, 3.05) is 24.4 Å². The zero-order valence-electron chi connectivity index (χ0n) is 29.7. The second-order valence-corrected chi connectivity index (χ2v) is 16.5. The Morgan fingerprint density at radius 3 is 2.33 bits per heavy atom. The molecular formula is C36H49N5O7S. The van der Waals surface area contributed by atoms with E-state index in [1.54, 1.807) is 11.0 Å². The molecule has 3 aromatic rings. The van der Waals surface area contributed by atoms with Crippen LogP contribution in [0.25, 0.3) is 11.3 Å². The Morgan fingerprint density at radius 2 is 1.69 bits per heavy atom. The topological polar surface area (TPSA) is 160 Å². The van der Waals surface area contributed by atoms with Gasteiger partial charge in [0.1, 0.15) is 12.2 Å². The predicted molar refractivity (Wildman–Crippen MR) is 188 cm³/mol. The maximum atomic E-state index is 13.4. The number of nitrogens with zero attached hydrogens (tertiary/aromatic N) is 3. The van der Waals surface area contributed by atoms with Gasteiger partial charge in [0.25, 0.3) is 10.0 Å². The smallest absolute Gasteiger partial charge is 0.410 e. The number of anilines is 1. The molecule has 12 nitrogen and oxygen atoms in total. The highest BCUT2D eigenvalue weighted by Crippen LogP contribution is 2.30. The highest BCUT2D eigenvalue weighted by atomic mass is 32.2. The van der Waals surface area contributed by atoms with Crippen molar-refractivity contribution in [3.05, 3.63) is 65.2 Å². The third kappa shape index (κ3) is 10.9. The van der Waals surface area contributed by atoms with Crippen molar-refractivity contribution in [3.63, 3.8) is 0 Å². The summed E-state index contributed by atoms with van der Waals surface area (Å²) in [5.41, 5.74) is 2.36. The Morgan fingerprint density at radius 1 is 1.02 bits per heavy atom. The first-order valence-corrected chi connectivity index (χ1v) is 18.0. The van der Waals surface area contributed by atoms with Crippen LogP contribution in [0.1, 0.15) is 82.3 Å². The van der Waals surface area contributed by atoms with Gasteiger partial charge in [-0.15, -0.1) is 0 Å². The van der Waals surface area contributed by atoms with Gasteiger partial charge in [-0.25, -0.2) is 27.7 Å². The maximum absolute atomic E-state index is 13.4. The number of aryl methyl sites for hydroxylation is 2. The number of rotatable bonds is 11. The number of sulfonamides is 1. The largest absolute Gasteiger partial charge is 0.478 e. The molecule has 2 aromatic carbocycles. The summed E-state index contributed by atoms with van der Waals surface area (Å²) in [6.07, 6.45) is 2.15. The fourth-order valence-electron chi connectivity index (χ4n) is 5.90. The highest BCUT2D eigenvalue weighted by molar-refractivity contribution is 7.92. The molecule has 0 saturated carbocycles. The van der Waals surface area contributed by atoms with E-state index in [4.69, 9.17) is 9.47 Å². The van der Waals surface area contributed by atoms with E-state index in [2.05, 4.69) is 40.8 Å². The second kappa shape index (κ2) is 15.1. The van der Waals surface area contributed by atoms with Crippen LogP contribution in [0.5, 0.6) is 5.88 Å². The summed E-state index contributed by atoms with van der Waals surface area (Å²) in [6, 6.07) is 12.5. The first-order valence-electron chi connectivity index (χ1n) is 16.5. The van der Waals surface area contributed by atoms with E-state index in [0.717, 1.165) is 42.0 Å². The third-order valence-electron chi connectivity index (χ3n) is 7.89. The lowest BCUT2D eigenvalue weighted by atomic mass is 9.87. The summed E-state index contributed by atoms with van der Waals surface area (Å²) in [5, 5.41) is 13.1. The van der Waals surface area contributed by atoms with E-state index in [1.807, 2.05) is 52.8 Å². The van der Waals surface area contributed by atoms with Crippen LogP contribution in [-0.2, 0) is 14.8 Å². The molecule has 1 unspecified atom stereocenters. The highest BCUT2D eigenvalue weighted by Gasteiger charge is 2.30. The molecule has 2 heterocycles. The predicted octanol–water partition coefficient (Wildman–Crippen LogP) is 6.43. The van der Waals surface area contributed by atoms with E-state index in [0.29, 0.717) is 18.8 Å². The normalized spacial score (nSPS) is 16.2. The van der Waals surface area contributed by atoms with Crippen LogP contribution in [0.2, 0.25) is 0 Å². The van der Waals surface area contributed by atoms with Crippen LogP contribution in [-0.4, -0.2) is 77.8 Å². The SMILES string of the molecule is Cc1cccc(C)c1-c1cc(OC[C@@H](CC(C)(C)C)NC2CCCN(C(=O)OC(C)(C)C)C2)nc(NS(=O)(=O)c2cccc(C(=O)O)c2)n1. The minimum absolute atomic E-state index is 0.0248. The van der Waals surface area contributed by atoms with Crippen molar-refractivity contribution < 1.29 is 32.6 Å². The van der Waals surface area contributed by atoms with E-state index >= 15 is 0 Å². The van der Waals surface area contributed by atoms with E-state index < -0.39 is 21.6 Å². The summed E-state index contributed by atoms with van der Waals surface area (Å²) in [5.74, 6) is -1.29. The first kappa shape index (κ1) is 37.6. The summed E-state index contributed by atoms with van der Waals surface area (Å²) < 4.78 is 41.1. The van der Waals surface area contributed by atoms with Gasteiger partial charge in [0.05, 0.1) is 16.2 Å². The number of benzene rings is 2. The van der Waals surface area contributed by atoms with Gasteiger partial charge >= 0.3 is 12.1 Å². The minimum atomic E-state index is -4.25. The fraction of sp³-hybridized carbons (Fsp3) is 0.500. The molecule has 0 spiro atoms. The Balaban J connectivity index is 1.62. The number of hydrogen-bond donors (Lipinski definition) is 3. The van der Waals surface area contributed by atoms with Gasteiger partial charge in [0, 0.05) is 36.8 Å². The van der Waals surface area contributed by atoms with Gasteiger partial charge in [0.15, 0.2) is 0 Å². The molecule has 1 aliphatic rings. The average molecular weight is 696 g/mol. The van der Waals surface area contributed by atoms with Gasteiger partial charge in [-0.05, 0) is 88.6 Å². The lowest BCUT2D eigenvalue weighted by Gasteiger charge is -2.37. The van der Waals surface area contributed by atoms with Gasteiger partial charge in [0.2, 0.25) is 11.8 Å². The van der Waals surface area contributed by atoms with Crippen molar-refractivity contribution in [1.29, 1.82) is 0 Å². The molecular weight excluding hydrogens is 646 g/mol. The molecule has 1 amide bonds. The molecule has 1 saturated heterocycles. The molecule has 3 N–H and O–H groups in total. The van der Waals surface area contributed by atoms with Gasteiger partial charge in [-0.3, -0.25) is 0 Å². The number of carboxylic acids is 1. The average Bonchev–Trinajstić information content (AvgIpc) is 2.98. The minimum Gasteiger partial charge on any atom is -0.478 e. The van der Waals surface area contributed by atoms with Gasteiger partial charge in [-0.2, -0.15) is 4.98 Å². The van der Waals surface area contributed by atoms with Crippen molar-refractivity contribution >= 4 is 28.0 Å². The molecule has 4 rings (SSSR count). The van der Waals surface area contributed by atoms with E-state index in [9.17, 15) is 23.1 Å². The Kier molecular flexibility index (Phi) is 11.6. The molecule has 0 aliphatic carbocycles. The molecule has 1 aromatic heterocycles. The Bertz CT molecular complexity index is 1750. The Hall–Kier alpha value is -4.23. The first-order chi connectivity index (χ1) is 22.8. The fourth-order valence-corrected chi connectivity index (χ4v) is 6.89. The van der Waals surface area contributed by atoms with Crippen LogP contribution in [0.3, 0.4) is 0 Å². The number of carboxylic acid groups (broad SMARTS) is 1. The number of ether oxygens (including phenoxy) is 2. The number of carbonyl (C=O) groups is 2. The number of likely N-dealkylation sites (tertiary alicyclic amines) is 1. The monoisotopic (exact) mass is 695 g/mol. The maximum Gasteiger partial charge on any atom is 0.410 e. The molecule has 0 bridgehead atoms. The van der Waals surface area contributed by atoms with Crippen molar-refractivity contribution in [1.82, 2.24) is 20.2 Å². The van der Waals surface area contributed by atoms with Crippen LogP contribution >= 0.6 is 0 Å². The van der Waals surface area contributed by atoms with Crippen molar-refractivity contribution in [3.8, 4) is 17.1 Å². The van der Waals surface area contributed by atoms with Gasteiger partial charge in [-0.1, -0.05) is 45.0 Å². The lowest BCUT2D eigenvalue weighted by molar-refractivity contribution is 0.0177. The Labute approximate surface area is 289 Å². The molecule has 13 heteroatoms. The van der Waals surface area contributed by atoms with Crippen LogP contribution in [0, 0.1) is 19.3 Å². The van der Waals surface area contributed by atoms with E-state index in [-0.39, 0.29) is 52.5 Å². The number of hydrogen-bond acceptors (Lipinski definition) is 9. The molecule has 49 heavy (non-hydrogen) atoms. The number of aromatic carboxylic acids is 1. The summed E-state index contributed by atoms with van der Waals surface area (Å²) in [6.45, 7) is 17.2.